The monoisotopic (exact) mass is 395 g/mol. The molecular formula is C21H25N5OS. The number of unbranched alkanes of at least 4 members (excludes halogenated alkanes) is 1. The number of anilines is 1. The molecule has 0 aliphatic rings. The Bertz CT molecular complexity index is 893. The van der Waals surface area contributed by atoms with Gasteiger partial charge in [-0.05, 0) is 49.6 Å². The van der Waals surface area contributed by atoms with E-state index in [1.54, 1.807) is 12.4 Å². The van der Waals surface area contributed by atoms with E-state index in [9.17, 15) is 4.79 Å². The summed E-state index contributed by atoms with van der Waals surface area (Å²) in [7, 11) is 0. The van der Waals surface area contributed by atoms with E-state index in [1.807, 2.05) is 35.8 Å². The van der Waals surface area contributed by atoms with Crippen LogP contribution in [0.3, 0.4) is 0 Å². The highest BCUT2D eigenvalue weighted by Gasteiger charge is 2.14. The lowest BCUT2D eigenvalue weighted by atomic mass is 10.1. The van der Waals surface area contributed by atoms with Crippen molar-refractivity contribution in [2.45, 2.75) is 44.8 Å². The SMILES string of the molecule is CCCCc1ccc(NC(=O)CSc2nnc(-c3cccnc3)n2CC)cc1. The second-order valence-corrected chi connectivity index (χ2v) is 7.37. The van der Waals surface area contributed by atoms with Crippen LogP contribution < -0.4 is 5.32 Å². The van der Waals surface area contributed by atoms with Gasteiger partial charge in [0, 0.05) is 30.2 Å². The molecular weight excluding hydrogens is 370 g/mol. The fraction of sp³-hybridized carbons (Fsp3) is 0.333. The van der Waals surface area contributed by atoms with E-state index in [0.29, 0.717) is 0 Å². The Kier molecular flexibility index (Phi) is 7.19. The number of amides is 1. The molecule has 7 heteroatoms. The number of pyridine rings is 1. The van der Waals surface area contributed by atoms with Crippen molar-refractivity contribution in [2.75, 3.05) is 11.1 Å². The number of aryl methyl sites for hydroxylation is 1. The van der Waals surface area contributed by atoms with Crippen LogP contribution in [0.1, 0.15) is 32.3 Å². The lowest BCUT2D eigenvalue weighted by molar-refractivity contribution is -0.113. The van der Waals surface area contributed by atoms with Crippen molar-refractivity contribution in [2.24, 2.45) is 0 Å². The van der Waals surface area contributed by atoms with Gasteiger partial charge in [0.1, 0.15) is 0 Å². The molecule has 0 aliphatic carbocycles. The topological polar surface area (TPSA) is 72.7 Å². The second-order valence-electron chi connectivity index (χ2n) is 6.43. The molecule has 6 nitrogen and oxygen atoms in total. The van der Waals surface area contributed by atoms with Gasteiger partial charge in [-0.15, -0.1) is 10.2 Å². The number of hydrogen-bond acceptors (Lipinski definition) is 5. The predicted molar refractivity (Wildman–Crippen MR) is 113 cm³/mol. The summed E-state index contributed by atoms with van der Waals surface area (Å²) in [4.78, 5) is 16.5. The molecule has 0 aliphatic heterocycles. The summed E-state index contributed by atoms with van der Waals surface area (Å²) in [5.41, 5.74) is 3.03. The fourth-order valence-electron chi connectivity index (χ4n) is 2.85. The number of thioether (sulfide) groups is 1. The van der Waals surface area contributed by atoms with Crippen molar-refractivity contribution >= 4 is 23.4 Å². The first-order valence-electron chi connectivity index (χ1n) is 9.56. The van der Waals surface area contributed by atoms with Gasteiger partial charge < -0.3 is 9.88 Å². The van der Waals surface area contributed by atoms with Crippen LogP contribution in [0, 0.1) is 0 Å². The van der Waals surface area contributed by atoms with Crippen LogP contribution in [0.2, 0.25) is 0 Å². The van der Waals surface area contributed by atoms with Gasteiger partial charge in [-0.2, -0.15) is 0 Å². The first-order valence-corrected chi connectivity index (χ1v) is 10.5. The third kappa shape index (κ3) is 5.19. The van der Waals surface area contributed by atoms with Crippen LogP contribution in [0.15, 0.2) is 53.9 Å². The van der Waals surface area contributed by atoms with Crippen molar-refractivity contribution in [3.63, 3.8) is 0 Å². The number of benzene rings is 1. The summed E-state index contributed by atoms with van der Waals surface area (Å²) < 4.78 is 2.00. The van der Waals surface area contributed by atoms with E-state index < -0.39 is 0 Å². The molecule has 0 radical (unpaired) electrons. The van der Waals surface area contributed by atoms with Gasteiger partial charge in [-0.1, -0.05) is 37.2 Å². The molecule has 3 aromatic rings. The number of nitrogens with one attached hydrogen (secondary N) is 1. The Hall–Kier alpha value is -2.67. The largest absolute Gasteiger partial charge is 0.325 e. The van der Waals surface area contributed by atoms with E-state index in [4.69, 9.17) is 0 Å². The van der Waals surface area contributed by atoms with Gasteiger partial charge in [-0.3, -0.25) is 9.78 Å². The number of carbonyl (C=O) groups is 1. The van der Waals surface area contributed by atoms with Gasteiger partial charge in [-0.25, -0.2) is 0 Å². The molecule has 1 N–H and O–H groups in total. The van der Waals surface area contributed by atoms with E-state index in [2.05, 4.69) is 39.6 Å². The summed E-state index contributed by atoms with van der Waals surface area (Å²) in [5, 5.41) is 12.2. The van der Waals surface area contributed by atoms with E-state index in [0.717, 1.165) is 35.2 Å². The van der Waals surface area contributed by atoms with E-state index in [1.165, 1.54) is 30.2 Å². The molecule has 2 heterocycles. The lowest BCUT2D eigenvalue weighted by Crippen LogP contribution is -2.14. The molecule has 0 atom stereocenters. The minimum Gasteiger partial charge on any atom is -0.325 e. The Morgan fingerprint density at radius 3 is 2.64 bits per heavy atom. The quantitative estimate of drug-likeness (QED) is 0.543. The molecule has 0 saturated carbocycles. The zero-order valence-corrected chi connectivity index (χ0v) is 17.1. The highest BCUT2D eigenvalue weighted by molar-refractivity contribution is 7.99. The van der Waals surface area contributed by atoms with Crippen LogP contribution >= 0.6 is 11.8 Å². The molecule has 2 aromatic heterocycles. The van der Waals surface area contributed by atoms with Crippen LogP contribution in [0.5, 0.6) is 0 Å². The van der Waals surface area contributed by atoms with Crippen molar-refractivity contribution in [3.8, 4) is 11.4 Å². The Morgan fingerprint density at radius 2 is 1.96 bits per heavy atom. The number of aromatic nitrogens is 4. The van der Waals surface area contributed by atoms with Gasteiger partial charge in [0.25, 0.3) is 0 Å². The van der Waals surface area contributed by atoms with Crippen molar-refractivity contribution in [3.05, 3.63) is 54.4 Å². The number of hydrogen-bond donors (Lipinski definition) is 1. The Morgan fingerprint density at radius 1 is 1.14 bits per heavy atom. The average Bonchev–Trinajstić information content (AvgIpc) is 3.15. The normalized spacial score (nSPS) is 10.8. The van der Waals surface area contributed by atoms with Crippen LogP contribution in [0.25, 0.3) is 11.4 Å². The maximum Gasteiger partial charge on any atom is 0.234 e. The minimum atomic E-state index is -0.0557. The van der Waals surface area contributed by atoms with Gasteiger partial charge >= 0.3 is 0 Å². The minimum absolute atomic E-state index is 0.0557. The lowest BCUT2D eigenvalue weighted by Gasteiger charge is -2.08. The fourth-order valence-corrected chi connectivity index (χ4v) is 3.65. The van der Waals surface area contributed by atoms with Crippen LogP contribution in [-0.4, -0.2) is 31.4 Å². The molecule has 3 rings (SSSR count). The number of carbonyl (C=O) groups excluding carboxylic acids is 1. The Labute approximate surface area is 169 Å². The molecule has 0 unspecified atom stereocenters. The average molecular weight is 396 g/mol. The molecule has 1 amide bonds. The zero-order valence-electron chi connectivity index (χ0n) is 16.3. The molecule has 0 fully saturated rings. The van der Waals surface area contributed by atoms with Gasteiger partial charge in [0.2, 0.25) is 5.91 Å². The first kappa shape index (κ1) is 20.1. The third-order valence-corrected chi connectivity index (χ3v) is 5.31. The molecule has 1 aromatic carbocycles. The van der Waals surface area contributed by atoms with Crippen molar-refractivity contribution in [1.82, 2.24) is 19.7 Å². The van der Waals surface area contributed by atoms with Crippen LogP contribution in [-0.2, 0) is 17.8 Å². The molecule has 0 spiro atoms. The molecule has 0 bridgehead atoms. The standard InChI is InChI=1S/C21H25N5OS/c1-3-5-7-16-9-11-18(12-10-16)23-19(27)15-28-21-25-24-20(26(21)4-2)17-8-6-13-22-14-17/h6,8-14H,3-5,7,15H2,1-2H3,(H,23,27). The summed E-state index contributed by atoms with van der Waals surface area (Å²) in [6, 6.07) is 11.9. The highest BCUT2D eigenvalue weighted by atomic mass is 32.2. The number of nitrogens with zero attached hydrogens (tertiary/aromatic N) is 4. The second kappa shape index (κ2) is 10.0. The summed E-state index contributed by atoms with van der Waals surface area (Å²) in [5.74, 6) is 0.990. The predicted octanol–water partition coefficient (Wildman–Crippen LogP) is 4.43. The maximum absolute atomic E-state index is 12.3. The summed E-state index contributed by atoms with van der Waals surface area (Å²) in [6.07, 6.45) is 6.93. The molecule has 28 heavy (non-hydrogen) atoms. The van der Waals surface area contributed by atoms with Gasteiger partial charge in [0.05, 0.1) is 5.75 Å². The van der Waals surface area contributed by atoms with Crippen molar-refractivity contribution in [1.29, 1.82) is 0 Å². The molecule has 0 saturated heterocycles. The smallest absolute Gasteiger partial charge is 0.234 e. The van der Waals surface area contributed by atoms with E-state index >= 15 is 0 Å². The first-order chi connectivity index (χ1) is 13.7. The van der Waals surface area contributed by atoms with Crippen molar-refractivity contribution < 1.29 is 4.79 Å². The number of rotatable bonds is 9. The summed E-state index contributed by atoms with van der Waals surface area (Å²) >= 11 is 1.39. The maximum atomic E-state index is 12.3. The summed E-state index contributed by atoms with van der Waals surface area (Å²) in [6.45, 7) is 4.94. The highest BCUT2D eigenvalue weighted by Crippen LogP contribution is 2.23. The van der Waals surface area contributed by atoms with Crippen LogP contribution in [0.4, 0.5) is 5.69 Å². The third-order valence-electron chi connectivity index (χ3n) is 4.34. The Balaban J connectivity index is 1.58. The van der Waals surface area contributed by atoms with Gasteiger partial charge in [0.15, 0.2) is 11.0 Å². The zero-order chi connectivity index (χ0) is 19.8. The molecule has 146 valence electrons. The van der Waals surface area contributed by atoms with E-state index in [-0.39, 0.29) is 11.7 Å².